The monoisotopic (exact) mass is 253 g/mol. The van der Waals surface area contributed by atoms with Crippen molar-refractivity contribution in [2.24, 2.45) is 11.1 Å². The second-order valence-corrected chi connectivity index (χ2v) is 5.98. The molecular formula is C13H23N3O2. The molecule has 0 aromatic carbocycles. The zero-order chi connectivity index (χ0) is 13.4. The van der Waals surface area contributed by atoms with Gasteiger partial charge < -0.3 is 16.0 Å². The quantitative estimate of drug-likeness (QED) is 0.740. The van der Waals surface area contributed by atoms with Crippen molar-refractivity contribution in [1.29, 1.82) is 0 Å². The number of hydrogen-bond donors (Lipinski definition) is 2. The second kappa shape index (κ2) is 4.53. The summed E-state index contributed by atoms with van der Waals surface area (Å²) < 4.78 is 0. The van der Waals surface area contributed by atoms with Crippen LogP contribution in [0, 0.1) is 5.41 Å². The topological polar surface area (TPSA) is 75.4 Å². The molecule has 2 aliphatic rings. The molecule has 1 saturated carbocycles. The number of nitrogens with one attached hydrogen (secondary N) is 1. The summed E-state index contributed by atoms with van der Waals surface area (Å²) in [5.74, 6) is 0.0444. The molecule has 3 N–H and O–H groups in total. The fourth-order valence-corrected chi connectivity index (χ4v) is 3.16. The standard InChI is InChI=1S/C13H23N3O2/c1-12(10(17)15-2)7-8-16(9-12)11(18)13(14)5-3-4-6-13/h3-9,14H2,1-2H3,(H,15,17). The first-order valence-electron chi connectivity index (χ1n) is 6.72. The molecule has 5 heteroatoms. The average Bonchev–Trinajstić information content (AvgIpc) is 2.96. The van der Waals surface area contributed by atoms with E-state index >= 15 is 0 Å². The fourth-order valence-electron chi connectivity index (χ4n) is 3.16. The molecular weight excluding hydrogens is 230 g/mol. The van der Waals surface area contributed by atoms with Crippen LogP contribution in [0.4, 0.5) is 0 Å². The van der Waals surface area contributed by atoms with E-state index in [-0.39, 0.29) is 11.8 Å². The molecule has 0 bridgehead atoms. The zero-order valence-corrected chi connectivity index (χ0v) is 11.3. The minimum atomic E-state index is -0.673. The van der Waals surface area contributed by atoms with Crippen molar-refractivity contribution in [3.05, 3.63) is 0 Å². The SMILES string of the molecule is CNC(=O)C1(C)CCN(C(=O)C2(N)CCCC2)C1. The van der Waals surface area contributed by atoms with Crippen LogP contribution in [0.25, 0.3) is 0 Å². The number of carbonyl (C=O) groups excluding carboxylic acids is 2. The zero-order valence-electron chi connectivity index (χ0n) is 11.3. The highest BCUT2D eigenvalue weighted by molar-refractivity contribution is 5.89. The van der Waals surface area contributed by atoms with Crippen molar-refractivity contribution >= 4 is 11.8 Å². The smallest absolute Gasteiger partial charge is 0.242 e. The number of rotatable bonds is 2. The summed E-state index contributed by atoms with van der Waals surface area (Å²) in [6.07, 6.45) is 4.33. The molecule has 1 saturated heterocycles. The Kier molecular flexibility index (Phi) is 3.36. The van der Waals surface area contributed by atoms with Gasteiger partial charge in [-0.3, -0.25) is 9.59 Å². The van der Waals surface area contributed by atoms with E-state index in [9.17, 15) is 9.59 Å². The van der Waals surface area contributed by atoms with Gasteiger partial charge in [-0.2, -0.15) is 0 Å². The van der Waals surface area contributed by atoms with Crippen LogP contribution in [0.3, 0.4) is 0 Å². The summed E-state index contributed by atoms with van der Waals surface area (Å²) >= 11 is 0. The van der Waals surface area contributed by atoms with E-state index in [1.165, 1.54) is 0 Å². The highest BCUT2D eigenvalue weighted by Crippen LogP contribution is 2.35. The summed E-state index contributed by atoms with van der Waals surface area (Å²) in [5.41, 5.74) is 5.06. The van der Waals surface area contributed by atoms with Gasteiger partial charge in [-0.15, -0.1) is 0 Å². The molecule has 0 aromatic rings. The van der Waals surface area contributed by atoms with E-state index in [0.29, 0.717) is 19.5 Å². The predicted molar refractivity (Wildman–Crippen MR) is 68.8 cm³/mol. The van der Waals surface area contributed by atoms with Gasteiger partial charge in [-0.25, -0.2) is 0 Å². The number of nitrogens with two attached hydrogens (primary N) is 1. The van der Waals surface area contributed by atoms with Crippen LogP contribution in [0.5, 0.6) is 0 Å². The Morgan fingerprint density at radius 2 is 1.83 bits per heavy atom. The lowest BCUT2D eigenvalue weighted by Crippen LogP contribution is -2.53. The normalized spacial score (nSPS) is 30.5. The molecule has 1 heterocycles. The van der Waals surface area contributed by atoms with Crippen LogP contribution in [-0.4, -0.2) is 42.4 Å². The molecule has 2 rings (SSSR count). The van der Waals surface area contributed by atoms with Gasteiger partial charge in [0.2, 0.25) is 11.8 Å². The summed E-state index contributed by atoms with van der Waals surface area (Å²) in [6.45, 7) is 3.04. The third kappa shape index (κ3) is 2.11. The Balaban J connectivity index is 2.05. The number of hydrogen-bond acceptors (Lipinski definition) is 3. The van der Waals surface area contributed by atoms with Crippen LogP contribution in [0.15, 0.2) is 0 Å². The van der Waals surface area contributed by atoms with Crippen LogP contribution in [-0.2, 0) is 9.59 Å². The van der Waals surface area contributed by atoms with Gasteiger partial charge in [-0.1, -0.05) is 12.8 Å². The Morgan fingerprint density at radius 3 is 2.39 bits per heavy atom. The molecule has 102 valence electrons. The molecule has 2 fully saturated rings. The van der Waals surface area contributed by atoms with Gasteiger partial charge in [0.1, 0.15) is 0 Å². The Labute approximate surface area is 108 Å². The minimum absolute atomic E-state index is 0.00953. The fraction of sp³-hybridized carbons (Fsp3) is 0.846. The first-order valence-corrected chi connectivity index (χ1v) is 6.72. The van der Waals surface area contributed by atoms with Crippen LogP contribution in [0.2, 0.25) is 0 Å². The molecule has 1 aliphatic heterocycles. The first-order chi connectivity index (χ1) is 8.41. The van der Waals surface area contributed by atoms with Gasteiger partial charge >= 0.3 is 0 Å². The van der Waals surface area contributed by atoms with E-state index in [0.717, 1.165) is 25.7 Å². The van der Waals surface area contributed by atoms with Crippen LogP contribution < -0.4 is 11.1 Å². The van der Waals surface area contributed by atoms with Gasteiger partial charge in [0.25, 0.3) is 0 Å². The summed E-state index contributed by atoms with van der Waals surface area (Å²) in [6, 6.07) is 0. The maximum absolute atomic E-state index is 12.4. The number of amides is 2. The third-order valence-electron chi connectivity index (χ3n) is 4.46. The van der Waals surface area contributed by atoms with Crippen molar-refractivity contribution in [1.82, 2.24) is 10.2 Å². The first kappa shape index (κ1) is 13.3. The minimum Gasteiger partial charge on any atom is -0.359 e. The molecule has 5 nitrogen and oxygen atoms in total. The van der Waals surface area contributed by atoms with Crippen molar-refractivity contribution in [2.75, 3.05) is 20.1 Å². The van der Waals surface area contributed by atoms with Crippen LogP contribution >= 0.6 is 0 Å². The maximum atomic E-state index is 12.4. The van der Waals surface area contributed by atoms with E-state index in [4.69, 9.17) is 5.73 Å². The van der Waals surface area contributed by atoms with Gasteiger partial charge in [0.05, 0.1) is 11.0 Å². The highest BCUT2D eigenvalue weighted by Gasteiger charge is 2.46. The van der Waals surface area contributed by atoms with Crippen molar-refractivity contribution in [3.8, 4) is 0 Å². The maximum Gasteiger partial charge on any atom is 0.242 e. The summed E-state index contributed by atoms with van der Waals surface area (Å²) in [4.78, 5) is 26.0. The number of nitrogens with zero attached hydrogens (tertiary/aromatic N) is 1. The Morgan fingerprint density at radius 1 is 1.22 bits per heavy atom. The van der Waals surface area contributed by atoms with Crippen LogP contribution in [0.1, 0.15) is 39.0 Å². The molecule has 0 radical (unpaired) electrons. The number of carbonyl (C=O) groups is 2. The van der Waals surface area contributed by atoms with E-state index in [1.807, 2.05) is 6.92 Å². The van der Waals surface area contributed by atoms with Crippen molar-refractivity contribution in [2.45, 2.75) is 44.6 Å². The Hall–Kier alpha value is -1.10. The lowest BCUT2D eigenvalue weighted by atomic mass is 9.88. The largest absolute Gasteiger partial charge is 0.359 e. The summed E-state index contributed by atoms with van der Waals surface area (Å²) in [7, 11) is 1.64. The Bertz CT molecular complexity index is 363. The molecule has 2 amide bonds. The number of likely N-dealkylation sites (tertiary alicyclic amines) is 1. The van der Waals surface area contributed by atoms with E-state index in [2.05, 4.69) is 5.32 Å². The van der Waals surface area contributed by atoms with Gasteiger partial charge in [-0.05, 0) is 26.2 Å². The lowest BCUT2D eigenvalue weighted by molar-refractivity contribution is -0.137. The molecule has 18 heavy (non-hydrogen) atoms. The van der Waals surface area contributed by atoms with E-state index in [1.54, 1.807) is 11.9 Å². The highest BCUT2D eigenvalue weighted by atomic mass is 16.2. The molecule has 0 spiro atoms. The summed E-state index contributed by atoms with van der Waals surface area (Å²) in [5, 5.41) is 2.68. The van der Waals surface area contributed by atoms with Crippen molar-refractivity contribution < 1.29 is 9.59 Å². The van der Waals surface area contributed by atoms with Gasteiger partial charge in [0.15, 0.2) is 0 Å². The molecule has 0 aromatic heterocycles. The average molecular weight is 253 g/mol. The predicted octanol–water partition coefficient (Wildman–Crippen LogP) is 0.243. The van der Waals surface area contributed by atoms with Crippen molar-refractivity contribution in [3.63, 3.8) is 0 Å². The second-order valence-electron chi connectivity index (χ2n) is 5.98. The molecule has 1 unspecified atom stereocenters. The van der Waals surface area contributed by atoms with E-state index < -0.39 is 11.0 Å². The third-order valence-corrected chi connectivity index (χ3v) is 4.46. The lowest BCUT2D eigenvalue weighted by Gasteiger charge is -2.30. The molecule has 1 atom stereocenters. The molecule has 1 aliphatic carbocycles. The van der Waals surface area contributed by atoms with Gasteiger partial charge in [0, 0.05) is 20.1 Å².